The van der Waals surface area contributed by atoms with Gasteiger partial charge in [0, 0.05) is 23.7 Å². The number of aliphatic hydroxyl groups is 1. The fourth-order valence-electron chi connectivity index (χ4n) is 4.71. The van der Waals surface area contributed by atoms with E-state index in [2.05, 4.69) is 26.5 Å². The third-order valence-corrected chi connectivity index (χ3v) is 8.62. The van der Waals surface area contributed by atoms with Crippen LogP contribution in [0.2, 0.25) is 5.02 Å². The van der Waals surface area contributed by atoms with Gasteiger partial charge in [-0.15, -0.1) is 11.3 Å². The minimum absolute atomic E-state index is 0.00324. The molecule has 3 N–H and O–H groups in total. The third-order valence-electron chi connectivity index (χ3n) is 6.14. The molecule has 1 saturated carbocycles. The second kappa shape index (κ2) is 9.54. The summed E-state index contributed by atoms with van der Waals surface area (Å²) in [6, 6.07) is 2.34. The van der Waals surface area contributed by atoms with Crippen molar-refractivity contribution >= 4 is 43.8 Å². The van der Waals surface area contributed by atoms with Gasteiger partial charge in [0.15, 0.2) is 5.13 Å². The highest BCUT2D eigenvalue weighted by atomic mass is 35.5. The van der Waals surface area contributed by atoms with E-state index >= 15 is 0 Å². The SMILES string of the molecule is C=C(O)[C@H]1CCCN1[C@H]1CCCCC1Nc1cc(F)c(S(=O)(=O)Nc2nccs2)cc1Cl. The van der Waals surface area contributed by atoms with E-state index in [-0.39, 0.29) is 34.0 Å². The second-order valence-electron chi connectivity index (χ2n) is 8.20. The summed E-state index contributed by atoms with van der Waals surface area (Å²) in [5, 5.41) is 15.3. The minimum Gasteiger partial charge on any atom is -0.511 e. The molecule has 174 valence electrons. The smallest absolute Gasteiger partial charge is 0.266 e. The Hall–Kier alpha value is -1.88. The number of thiazole rings is 1. The molecule has 3 atom stereocenters. The van der Waals surface area contributed by atoms with Crippen molar-refractivity contribution in [1.29, 1.82) is 0 Å². The molecule has 2 fully saturated rings. The second-order valence-corrected chi connectivity index (χ2v) is 11.1. The lowest BCUT2D eigenvalue weighted by Crippen LogP contribution is -2.51. The summed E-state index contributed by atoms with van der Waals surface area (Å²) in [6.45, 7) is 4.60. The van der Waals surface area contributed by atoms with Crippen LogP contribution in [0, 0.1) is 5.82 Å². The summed E-state index contributed by atoms with van der Waals surface area (Å²) in [7, 11) is -4.16. The molecule has 0 bridgehead atoms. The van der Waals surface area contributed by atoms with E-state index in [0.29, 0.717) is 5.69 Å². The van der Waals surface area contributed by atoms with Crippen molar-refractivity contribution in [1.82, 2.24) is 9.88 Å². The molecule has 1 saturated heterocycles. The highest BCUT2D eigenvalue weighted by molar-refractivity contribution is 7.93. The lowest BCUT2D eigenvalue weighted by molar-refractivity contribution is 0.123. The number of halogens is 2. The molecule has 1 aromatic heterocycles. The van der Waals surface area contributed by atoms with Gasteiger partial charge >= 0.3 is 0 Å². The Balaban J connectivity index is 1.56. The number of likely N-dealkylation sites (tertiary alicyclic amines) is 1. The molecule has 2 aliphatic rings. The first-order valence-corrected chi connectivity index (χ1v) is 13.3. The zero-order valence-electron chi connectivity index (χ0n) is 17.4. The molecule has 4 rings (SSSR count). The maximum atomic E-state index is 14.9. The van der Waals surface area contributed by atoms with E-state index in [1.54, 1.807) is 5.38 Å². The molecule has 0 amide bonds. The summed E-state index contributed by atoms with van der Waals surface area (Å²) >= 11 is 7.49. The van der Waals surface area contributed by atoms with Crippen LogP contribution in [0.1, 0.15) is 38.5 Å². The number of aliphatic hydroxyl groups excluding tert-OH is 1. The van der Waals surface area contributed by atoms with Gasteiger partial charge in [-0.25, -0.2) is 17.8 Å². The lowest BCUT2D eigenvalue weighted by Gasteiger charge is -2.41. The number of benzene rings is 1. The highest BCUT2D eigenvalue weighted by Gasteiger charge is 2.38. The number of sulfonamides is 1. The molecule has 1 aliphatic heterocycles. The van der Waals surface area contributed by atoms with Crippen LogP contribution in [0.5, 0.6) is 0 Å². The van der Waals surface area contributed by atoms with Crippen LogP contribution in [0.4, 0.5) is 15.2 Å². The van der Waals surface area contributed by atoms with E-state index in [9.17, 15) is 17.9 Å². The van der Waals surface area contributed by atoms with Gasteiger partial charge in [-0.2, -0.15) is 0 Å². The molecule has 7 nitrogen and oxygen atoms in total. The normalized spacial score (nSPS) is 24.4. The van der Waals surface area contributed by atoms with E-state index in [1.165, 1.54) is 6.20 Å². The van der Waals surface area contributed by atoms with Crippen molar-refractivity contribution in [2.24, 2.45) is 0 Å². The molecule has 1 aliphatic carbocycles. The Kier molecular flexibility index (Phi) is 6.94. The van der Waals surface area contributed by atoms with Crippen molar-refractivity contribution in [3.05, 3.63) is 46.9 Å². The Bertz CT molecular complexity index is 1080. The van der Waals surface area contributed by atoms with Gasteiger partial charge in [0.1, 0.15) is 16.5 Å². The van der Waals surface area contributed by atoms with E-state index in [4.69, 9.17) is 11.6 Å². The van der Waals surface area contributed by atoms with Crippen molar-refractivity contribution in [3.63, 3.8) is 0 Å². The Morgan fingerprint density at radius 1 is 1.28 bits per heavy atom. The van der Waals surface area contributed by atoms with Crippen LogP contribution in [0.15, 0.2) is 40.9 Å². The van der Waals surface area contributed by atoms with Crippen molar-refractivity contribution < 1.29 is 17.9 Å². The molecule has 0 spiro atoms. The van der Waals surface area contributed by atoms with Gasteiger partial charge in [0.05, 0.1) is 16.8 Å². The summed E-state index contributed by atoms with van der Waals surface area (Å²) in [5.74, 6) is -0.714. The number of nitrogens with zero attached hydrogens (tertiary/aromatic N) is 2. The largest absolute Gasteiger partial charge is 0.511 e. The number of hydrogen-bond acceptors (Lipinski definition) is 7. The number of anilines is 2. The lowest BCUT2D eigenvalue weighted by atomic mass is 9.88. The molecule has 11 heteroatoms. The molecule has 0 radical (unpaired) electrons. The first-order valence-electron chi connectivity index (χ1n) is 10.6. The maximum absolute atomic E-state index is 14.9. The van der Waals surface area contributed by atoms with Gasteiger partial charge in [-0.05, 0) is 44.4 Å². The van der Waals surface area contributed by atoms with Gasteiger partial charge in [0.25, 0.3) is 10.0 Å². The topological polar surface area (TPSA) is 94.6 Å². The fourth-order valence-corrected chi connectivity index (χ4v) is 6.87. The van der Waals surface area contributed by atoms with Gasteiger partial charge in [0.2, 0.25) is 0 Å². The molecule has 2 aromatic rings. The van der Waals surface area contributed by atoms with Gasteiger partial charge < -0.3 is 10.4 Å². The molecular formula is C21H26ClFN4O3S2. The predicted molar refractivity (Wildman–Crippen MR) is 125 cm³/mol. The van der Waals surface area contributed by atoms with E-state index < -0.39 is 20.7 Å². The third kappa shape index (κ3) is 4.88. The number of rotatable bonds is 7. The van der Waals surface area contributed by atoms with Gasteiger partial charge in [-0.1, -0.05) is 31.0 Å². The first kappa shape index (κ1) is 23.3. The zero-order valence-corrected chi connectivity index (χ0v) is 19.8. The average molecular weight is 501 g/mol. The summed E-state index contributed by atoms with van der Waals surface area (Å²) < 4.78 is 42.3. The molecule has 32 heavy (non-hydrogen) atoms. The van der Waals surface area contributed by atoms with Crippen LogP contribution >= 0.6 is 22.9 Å². The Morgan fingerprint density at radius 3 is 2.78 bits per heavy atom. The summed E-state index contributed by atoms with van der Waals surface area (Å²) in [5.41, 5.74) is 0.354. The quantitative estimate of drug-likeness (QED) is 0.463. The fraction of sp³-hybridized carbons (Fsp3) is 0.476. The first-order chi connectivity index (χ1) is 15.3. The van der Waals surface area contributed by atoms with Crippen LogP contribution in [0.25, 0.3) is 0 Å². The predicted octanol–water partition coefficient (Wildman–Crippen LogP) is 5.00. The zero-order chi connectivity index (χ0) is 22.9. The molecular weight excluding hydrogens is 475 g/mol. The van der Waals surface area contributed by atoms with E-state index in [1.807, 2.05) is 0 Å². The number of aromatic nitrogens is 1. The monoisotopic (exact) mass is 500 g/mol. The van der Waals surface area contributed by atoms with Gasteiger partial charge in [-0.3, -0.25) is 9.62 Å². The number of hydrogen-bond donors (Lipinski definition) is 3. The molecule has 1 unspecified atom stereocenters. The molecule has 2 heterocycles. The Morgan fingerprint density at radius 2 is 2.06 bits per heavy atom. The highest BCUT2D eigenvalue weighted by Crippen LogP contribution is 2.35. The molecule has 1 aromatic carbocycles. The van der Waals surface area contributed by atoms with Crippen LogP contribution in [-0.2, 0) is 10.0 Å². The van der Waals surface area contributed by atoms with Crippen LogP contribution < -0.4 is 10.0 Å². The average Bonchev–Trinajstić information content (AvgIpc) is 3.42. The van der Waals surface area contributed by atoms with Crippen LogP contribution in [0.3, 0.4) is 0 Å². The standard InChI is InChI=1S/C21H26ClFN4O3S2/c1-13(28)18-7-4-9-27(18)19-6-3-2-5-16(19)25-17-12-15(23)20(11-14(17)22)32(29,30)26-21-24-8-10-31-21/h8,10-12,16,18-19,25,28H,1-7,9H2,(H,24,26)/t16?,18-,19+/m1/s1. The number of nitrogens with one attached hydrogen (secondary N) is 2. The Labute approximate surface area is 196 Å². The maximum Gasteiger partial charge on any atom is 0.266 e. The van der Waals surface area contributed by atoms with Crippen molar-refractivity contribution in [2.75, 3.05) is 16.6 Å². The van der Waals surface area contributed by atoms with Crippen LogP contribution in [-0.4, -0.2) is 48.1 Å². The van der Waals surface area contributed by atoms with Crippen molar-refractivity contribution in [3.8, 4) is 0 Å². The summed E-state index contributed by atoms with van der Waals surface area (Å²) in [4.78, 5) is 5.62. The summed E-state index contributed by atoms with van der Waals surface area (Å²) in [6.07, 6.45) is 7.23. The van der Waals surface area contributed by atoms with Crippen molar-refractivity contribution in [2.45, 2.75) is 61.5 Å². The minimum atomic E-state index is -4.16. The van der Waals surface area contributed by atoms with E-state index in [0.717, 1.165) is 68.5 Å².